The van der Waals surface area contributed by atoms with Gasteiger partial charge in [0.15, 0.2) is 0 Å². The van der Waals surface area contributed by atoms with Crippen LogP contribution in [0, 0.1) is 5.92 Å². The lowest BCUT2D eigenvalue weighted by Gasteiger charge is -2.37. The Kier molecular flexibility index (Phi) is 4.76. The van der Waals surface area contributed by atoms with Gasteiger partial charge in [0.05, 0.1) is 25.4 Å². The number of hydrogen-bond acceptors (Lipinski definition) is 5. The summed E-state index contributed by atoms with van der Waals surface area (Å²) in [7, 11) is 1.39. The average molecular weight is 305 g/mol. The molecule has 5 heteroatoms. The van der Waals surface area contributed by atoms with Crippen molar-refractivity contribution in [2.24, 2.45) is 5.92 Å². The molecule has 2 fully saturated rings. The first-order chi connectivity index (χ1) is 10.7. The quantitative estimate of drug-likeness (QED) is 0.853. The number of methoxy groups -OCH3 is 1. The van der Waals surface area contributed by atoms with E-state index >= 15 is 0 Å². The zero-order valence-electron chi connectivity index (χ0n) is 12.9. The highest BCUT2D eigenvalue weighted by atomic mass is 16.5. The summed E-state index contributed by atoms with van der Waals surface area (Å²) in [6, 6.07) is 7.98. The van der Waals surface area contributed by atoms with E-state index in [0.29, 0.717) is 17.5 Å². The number of carbonyl (C=O) groups is 1. The number of hydrogen-bond donors (Lipinski definition) is 1. The molecule has 0 spiro atoms. The van der Waals surface area contributed by atoms with Crippen molar-refractivity contribution in [1.29, 1.82) is 0 Å². The summed E-state index contributed by atoms with van der Waals surface area (Å²) in [6.45, 7) is 2.76. The van der Waals surface area contributed by atoms with Gasteiger partial charge in [0, 0.05) is 25.7 Å². The van der Waals surface area contributed by atoms with Crippen LogP contribution in [0.4, 0.5) is 0 Å². The van der Waals surface area contributed by atoms with Gasteiger partial charge in [-0.25, -0.2) is 4.79 Å². The molecule has 1 aromatic carbocycles. The minimum atomic E-state index is -0.306. The second kappa shape index (κ2) is 6.77. The standard InChI is InChI=1S/C17H23NO4/c1-21-17(20)14-4-2-12(3-5-14)10-18-6-7-22-16-9-13(11-19)8-15(16)18/h2-5,13,15-16,19H,6-11H2,1H3/t13-,15+,16?/m1/s1. The molecular formula is C17H23NO4. The van der Waals surface area contributed by atoms with Gasteiger partial charge in [0.25, 0.3) is 0 Å². The summed E-state index contributed by atoms with van der Waals surface area (Å²) in [5.41, 5.74) is 1.76. The number of rotatable bonds is 4. The van der Waals surface area contributed by atoms with Crippen molar-refractivity contribution in [3.63, 3.8) is 0 Å². The van der Waals surface area contributed by atoms with Crippen LogP contribution < -0.4 is 0 Å². The molecule has 3 rings (SSSR count). The zero-order chi connectivity index (χ0) is 15.5. The lowest BCUT2D eigenvalue weighted by atomic mass is 10.1. The molecule has 1 heterocycles. The Morgan fingerprint density at radius 3 is 2.82 bits per heavy atom. The van der Waals surface area contributed by atoms with Crippen LogP contribution in [0.1, 0.15) is 28.8 Å². The van der Waals surface area contributed by atoms with Crippen LogP contribution >= 0.6 is 0 Å². The van der Waals surface area contributed by atoms with Crippen LogP contribution in [-0.2, 0) is 16.0 Å². The third-order valence-electron chi connectivity index (χ3n) is 4.77. The maximum absolute atomic E-state index is 11.5. The molecule has 0 radical (unpaired) electrons. The van der Waals surface area contributed by atoms with Gasteiger partial charge in [-0.05, 0) is 36.5 Å². The second-order valence-corrected chi connectivity index (χ2v) is 6.16. The van der Waals surface area contributed by atoms with E-state index in [0.717, 1.165) is 32.5 Å². The van der Waals surface area contributed by atoms with Crippen LogP contribution in [0.5, 0.6) is 0 Å². The Labute approximate surface area is 130 Å². The average Bonchev–Trinajstić information content (AvgIpc) is 2.99. The summed E-state index contributed by atoms with van der Waals surface area (Å²) in [5, 5.41) is 9.38. The highest BCUT2D eigenvalue weighted by molar-refractivity contribution is 5.89. The fraction of sp³-hybridized carbons (Fsp3) is 0.588. The van der Waals surface area contributed by atoms with Gasteiger partial charge in [0.2, 0.25) is 0 Å². The van der Waals surface area contributed by atoms with Crippen molar-refractivity contribution in [3.05, 3.63) is 35.4 Å². The normalized spacial score (nSPS) is 28.4. The smallest absolute Gasteiger partial charge is 0.337 e. The van der Waals surface area contributed by atoms with Gasteiger partial charge >= 0.3 is 5.97 Å². The SMILES string of the molecule is COC(=O)c1ccc(CN2CCOC3C[C@H](CO)C[C@@H]32)cc1. The van der Waals surface area contributed by atoms with Crippen LogP contribution in [0.15, 0.2) is 24.3 Å². The lowest BCUT2D eigenvalue weighted by molar-refractivity contribution is -0.0590. The number of ether oxygens (including phenoxy) is 2. The van der Waals surface area contributed by atoms with Crippen molar-refractivity contribution in [2.45, 2.75) is 31.5 Å². The predicted molar refractivity (Wildman–Crippen MR) is 81.5 cm³/mol. The Hall–Kier alpha value is -1.43. The molecule has 1 aliphatic carbocycles. The van der Waals surface area contributed by atoms with Crippen molar-refractivity contribution in [1.82, 2.24) is 4.90 Å². The molecule has 0 bridgehead atoms. The van der Waals surface area contributed by atoms with E-state index in [1.807, 2.05) is 24.3 Å². The molecule has 2 aliphatic rings. The van der Waals surface area contributed by atoms with Gasteiger partial charge in [-0.1, -0.05) is 12.1 Å². The van der Waals surface area contributed by atoms with E-state index < -0.39 is 0 Å². The summed E-state index contributed by atoms with van der Waals surface area (Å²) < 4.78 is 10.6. The molecule has 1 N–H and O–H groups in total. The first-order valence-corrected chi connectivity index (χ1v) is 7.85. The minimum absolute atomic E-state index is 0.248. The first-order valence-electron chi connectivity index (χ1n) is 7.85. The molecule has 1 saturated heterocycles. The van der Waals surface area contributed by atoms with Crippen LogP contribution in [0.3, 0.4) is 0 Å². The number of aliphatic hydroxyl groups is 1. The van der Waals surface area contributed by atoms with Gasteiger partial charge < -0.3 is 14.6 Å². The predicted octanol–water partition coefficient (Wildman–Crippen LogP) is 1.44. The Bertz CT molecular complexity index is 516. The number of nitrogens with zero attached hydrogens (tertiary/aromatic N) is 1. The fourth-order valence-corrected chi connectivity index (χ4v) is 3.57. The Morgan fingerprint density at radius 2 is 2.14 bits per heavy atom. The number of morpholine rings is 1. The lowest BCUT2D eigenvalue weighted by Crippen LogP contribution is -2.47. The summed E-state index contributed by atoms with van der Waals surface area (Å²) in [6.07, 6.45) is 2.21. The van der Waals surface area contributed by atoms with Gasteiger partial charge in [-0.15, -0.1) is 0 Å². The number of fused-ring (bicyclic) bond motifs is 1. The topological polar surface area (TPSA) is 59.0 Å². The van der Waals surface area contributed by atoms with E-state index in [4.69, 9.17) is 9.47 Å². The number of carbonyl (C=O) groups excluding carboxylic acids is 1. The molecule has 1 unspecified atom stereocenters. The molecular weight excluding hydrogens is 282 g/mol. The monoisotopic (exact) mass is 305 g/mol. The van der Waals surface area contributed by atoms with Crippen LogP contribution in [0.25, 0.3) is 0 Å². The molecule has 0 aromatic heterocycles. The van der Waals surface area contributed by atoms with Crippen molar-refractivity contribution < 1.29 is 19.4 Å². The second-order valence-electron chi connectivity index (χ2n) is 6.16. The first kappa shape index (κ1) is 15.5. The van der Waals surface area contributed by atoms with Crippen molar-refractivity contribution >= 4 is 5.97 Å². The molecule has 3 atom stereocenters. The summed E-state index contributed by atoms with van der Waals surface area (Å²) in [5.74, 6) is 0.0527. The number of benzene rings is 1. The molecule has 1 aliphatic heterocycles. The maximum Gasteiger partial charge on any atom is 0.337 e. The van der Waals surface area contributed by atoms with E-state index in [2.05, 4.69) is 4.90 Å². The third kappa shape index (κ3) is 3.16. The third-order valence-corrected chi connectivity index (χ3v) is 4.77. The largest absolute Gasteiger partial charge is 0.465 e. The fourth-order valence-electron chi connectivity index (χ4n) is 3.57. The van der Waals surface area contributed by atoms with E-state index in [1.165, 1.54) is 12.7 Å². The van der Waals surface area contributed by atoms with Crippen LogP contribution in [-0.4, -0.2) is 55.0 Å². The maximum atomic E-state index is 11.5. The van der Waals surface area contributed by atoms with Crippen molar-refractivity contribution in [3.8, 4) is 0 Å². The summed E-state index contributed by atoms with van der Waals surface area (Å²) in [4.78, 5) is 13.9. The molecule has 1 saturated carbocycles. The molecule has 0 amide bonds. The summed E-state index contributed by atoms with van der Waals surface area (Å²) >= 11 is 0. The minimum Gasteiger partial charge on any atom is -0.465 e. The highest BCUT2D eigenvalue weighted by Crippen LogP contribution is 2.34. The van der Waals surface area contributed by atoms with Gasteiger partial charge in [-0.2, -0.15) is 0 Å². The van der Waals surface area contributed by atoms with Crippen LogP contribution in [0.2, 0.25) is 0 Å². The molecule has 120 valence electrons. The number of esters is 1. The molecule has 22 heavy (non-hydrogen) atoms. The Morgan fingerprint density at radius 1 is 1.36 bits per heavy atom. The van der Waals surface area contributed by atoms with Gasteiger partial charge in [-0.3, -0.25) is 4.90 Å². The zero-order valence-corrected chi connectivity index (χ0v) is 12.9. The number of aliphatic hydroxyl groups excluding tert-OH is 1. The van der Waals surface area contributed by atoms with E-state index in [1.54, 1.807) is 0 Å². The highest BCUT2D eigenvalue weighted by Gasteiger charge is 2.40. The van der Waals surface area contributed by atoms with Crippen molar-refractivity contribution in [2.75, 3.05) is 26.9 Å². The molecule has 1 aromatic rings. The van der Waals surface area contributed by atoms with E-state index in [-0.39, 0.29) is 18.7 Å². The van der Waals surface area contributed by atoms with Gasteiger partial charge in [0.1, 0.15) is 0 Å². The van der Waals surface area contributed by atoms with E-state index in [9.17, 15) is 9.90 Å². The molecule has 5 nitrogen and oxygen atoms in total. The Balaban J connectivity index is 1.66.